The summed E-state index contributed by atoms with van der Waals surface area (Å²) in [6.45, 7) is 4.25. The lowest BCUT2D eigenvalue weighted by Crippen LogP contribution is -2.14. The van der Waals surface area contributed by atoms with Gasteiger partial charge in [0.25, 0.3) is 0 Å². The van der Waals surface area contributed by atoms with Crippen molar-refractivity contribution in [1.82, 2.24) is 0 Å². The average molecular weight is 595 g/mol. The molecule has 1 atom stereocenters. The Bertz CT molecular complexity index is 2010. The van der Waals surface area contributed by atoms with Gasteiger partial charge in [0, 0.05) is 33.2 Å². The third-order valence-corrected chi connectivity index (χ3v) is 9.12. The molecule has 0 amide bonds. The van der Waals surface area contributed by atoms with Gasteiger partial charge in [0.05, 0.1) is 0 Å². The van der Waals surface area contributed by atoms with E-state index in [4.69, 9.17) is 16.3 Å². The van der Waals surface area contributed by atoms with E-state index in [1.165, 1.54) is 6.08 Å². The van der Waals surface area contributed by atoms with E-state index in [2.05, 4.69) is 92.7 Å². The molecule has 0 bridgehead atoms. The minimum Gasteiger partial charge on any atom is -0.507 e. The molecule has 6 aromatic rings. The van der Waals surface area contributed by atoms with Crippen LogP contribution in [0.3, 0.4) is 0 Å². The largest absolute Gasteiger partial charge is 0.507 e. The average Bonchev–Trinajstić information content (AvgIpc) is 3.06. The van der Waals surface area contributed by atoms with Crippen LogP contribution in [0.1, 0.15) is 70.3 Å². The standard InChI is InChI=1S/C40H31ClO3/c1-3-24(2)33-23-29(22-28(40(33)43)14-19-34(42)27-12-17-30(41)18-13-27)37-38-31-10-6-4-8-25(31)15-20-35(38)44-36-21-16-26-9-5-7-11-32(26)39(36)37/h4-24,37,43H,3H2,1-2H3/b19-14+. The fourth-order valence-corrected chi connectivity index (χ4v) is 6.52. The van der Waals surface area contributed by atoms with Crippen molar-refractivity contribution in [2.75, 3.05) is 0 Å². The van der Waals surface area contributed by atoms with Crippen LogP contribution in [0.25, 0.3) is 27.6 Å². The van der Waals surface area contributed by atoms with Crippen molar-refractivity contribution in [1.29, 1.82) is 0 Å². The molecule has 44 heavy (non-hydrogen) atoms. The molecule has 0 fully saturated rings. The number of benzene rings is 6. The normalized spacial score (nSPS) is 13.5. The van der Waals surface area contributed by atoms with E-state index in [1.54, 1.807) is 30.3 Å². The highest BCUT2D eigenvalue weighted by Gasteiger charge is 2.33. The molecule has 3 nitrogen and oxygen atoms in total. The fourth-order valence-electron chi connectivity index (χ4n) is 6.39. The second kappa shape index (κ2) is 11.3. The zero-order valence-corrected chi connectivity index (χ0v) is 25.3. The van der Waals surface area contributed by atoms with Gasteiger partial charge >= 0.3 is 0 Å². The molecule has 1 unspecified atom stereocenters. The molecular weight excluding hydrogens is 564 g/mol. The predicted octanol–water partition coefficient (Wildman–Crippen LogP) is 11.0. The van der Waals surface area contributed by atoms with Gasteiger partial charge in [0.1, 0.15) is 17.2 Å². The van der Waals surface area contributed by atoms with Crippen molar-refractivity contribution in [3.8, 4) is 17.2 Å². The minimum absolute atomic E-state index is 0.105. The van der Waals surface area contributed by atoms with Crippen LogP contribution in [0.4, 0.5) is 0 Å². The SMILES string of the molecule is CCC(C)c1cc(C2c3c(ccc4ccccc34)Oc3ccc4ccccc4c32)cc(/C=C/C(=O)c2ccc(Cl)cc2)c1O. The van der Waals surface area contributed by atoms with Crippen molar-refractivity contribution in [2.24, 2.45) is 0 Å². The van der Waals surface area contributed by atoms with E-state index in [1.807, 2.05) is 6.07 Å². The first kappa shape index (κ1) is 27.9. The molecule has 0 radical (unpaired) electrons. The van der Waals surface area contributed by atoms with Crippen LogP contribution in [0.2, 0.25) is 5.02 Å². The molecule has 0 saturated carbocycles. The summed E-state index contributed by atoms with van der Waals surface area (Å²) >= 11 is 6.04. The maximum absolute atomic E-state index is 13.1. The third-order valence-electron chi connectivity index (χ3n) is 8.87. The number of ether oxygens (including phenoxy) is 1. The predicted molar refractivity (Wildman–Crippen MR) is 181 cm³/mol. The zero-order chi connectivity index (χ0) is 30.4. The summed E-state index contributed by atoms with van der Waals surface area (Å²) in [6, 6.07) is 36.1. The Hall–Kier alpha value is -4.86. The van der Waals surface area contributed by atoms with Crippen LogP contribution in [0, 0.1) is 0 Å². The topological polar surface area (TPSA) is 46.5 Å². The summed E-state index contributed by atoms with van der Waals surface area (Å²) in [4.78, 5) is 13.1. The number of allylic oxidation sites excluding steroid dienone is 1. The summed E-state index contributed by atoms with van der Waals surface area (Å²) < 4.78 is 6.62. The van der Waals surface area contributed by atoms with Crippen molar-refractivity contribution >= 4 is 45.0 Å². The monoisotopic (exact) mass is 594 g/mol. The van der Waals surface area contributed by atoms with Gasteiger partial charge in [-0.2, -0.15) is 0 Å². The Morgan fingerprint density at radius 2 is 1.43 bits per heavy atom. The summed E-state index contributed by atoms with van der Waals surface area (Å²) in [5.41, 5.74) is 5.23. The summed E-state index contributed by atoms with van der Waals surface area (Å²) in [7, 11) is 0. The number of halogens is 1. The number of phenolic OH excluding ortho intramolecular Hbond substituents is 1. The number of aromatic hydroxyl groups is 1. The van der Waals surface area contributed by atoms with Gasteiger partial charge in [-0.25, -0.2) is 0 Å². The van der Waals surface area contributed by atoms with E-state index in [-0.39, 0.29) is 23.4 Å². The van der Waals surface area contributed by atoms with Gasteiger partial charge in [0.15, 0.2) is 5.78 Å². The van der Waals surface area contributed by atoms with E-state index in [9.17, 15) is 9.90 Å². The number of carbonyl (C=O) groups is 1. The fraction of sp³-hybridized carbons (Fsp3) is 0.125. The first-order valence-electron chi connectivity index (χ1n) is 15.0. The molecule has 6 aromatic carbocycles. The Morgan fingerprint density at radius 3 is 2.02 bits per heavy atom. The number of hydrogen-bond donors (Lipinski definition) is 1. The zero-order valence-electron chi connectivity index (χ0n) is 24.6. The molecule has 4 heteroatoms. The quantitative estimate of drug-likeness (QED) is 0.154. The number of hydrogen-bond acceptors (Lipinski definition) is 3. The highest BCUT2D eigenvalue weighted by atomic mass is 35.5. The van der Waals surface area contributed by atoms with Crippen molar-refractivity contribution in [2.45, 2.75) is 32.1 Å². The maximum atomic E-state index is 13.1. The first-order valence-corrected chi connectivity index (χ1v) is 15.4. The molecule has 1 heterocycles. The van der Waals surface area contributed by atoms with Gasteiger partial charge in [-0.15, -0.1) is 0 Å². The van der Waals surface area contributed by atoms with Gasteiger partial charge in [0.2, 0.25) is 0 Å². The molecule has 1 aliphatic rings. The van der Waals surface area contributed by atoms with Gasteiger partial charge in [-0.05, 0) is 99.6 Å². The Balaban J connectivity index is 1.48. The number of fused-ring (bicyclic) bond motifs is 6. The number of ketones is 1. The molecule has 0 spiro atoms. The highest BCUT2D eigenvalue weighted by molar-refractivity contribution is 6.30. The van der Waals surface area contributed by atoms with Gasteiger partial charge in [-0.1, -0.05) is 92.2 Å². The van der Waals surface area contributed by atoms with Crippen molar-refractivity contribution < 1.29 is 14.6 Å². The molecule has 0 aromatic heterocycles. The van der Waals surface area contributed by atoms with E-state index in [0.717, 1.165) is 61.7 Å². The smallest absolute Gasteiger partial charge is 0.185 e. The van der Waals surface area contributed by atoms with Crippen LogP contribution >= 0.6 is 11.6 Å². The summed E-state index contributed by atoms with van der Waals surface area (Å²) in [5.74, 6) is 1.62. The van der Waals surface area contributed by atoms with Crippen LogP contribution in [0.5, 0.6) is 17.2 Å². The molecule has 7 rings (SSSR count). The summed E-state index contributed by atoms with van der Waals surface area (Å²) in [5, 5.41) is 16.7. The Kier molecular flexibility index (Phi) is 7.20. The lowest BCUT2D eigenvalue weighted by Gasteiger charge is -2.32. The highest BCUT2D eigenvalue weighted by Crippen LogP contribution is 2.53. The Labute approximate surface area is 262 Å². The molecule has 1 N–H and O–H groups in total. The molecular formula is C40H31ClO3. The summed E-state index contributed by atoms with van der Waals surface area (Å²) in [6.07, 6.45) is 4.12. The van der Waals surface area contributed by atoms with E-state index < -0.39 is 0 Å². The van der Waals surface area contributed by atoms with Crippen molar-refractivity contribution in [3.05, 3.63) is 154 Å². The maximum Gasteiger partial charge on any atom is 0.185 e. The minimum atomic E-state index is -0.173. The molecule has 0 aliphatic carbocycles. The van der Waals surface area contributed by atoms with Crippen LogP contribution in [-0.4, -0.2) is 10.9 Å². The molecule has 1 aliphatic heterocycles. The number of rotatable bonds is 6. The van der Waals surface area contributed by atoms with E-state index >= 15 is 0 Å². The number of phenols is 1. The number of carbonyl (C=O) groups excluding carboxylic acids is 1. The molecule has 0 saturated heterocycles. The third kappa shape index (κ3) is 4.84. The first-order chi connectivity index (χ1) is 21.4. The lowest BCUT2D eigenvalue weighted by molar-refractivity contribution is 0.104. The van der Waals surface area contributed by atoms with Gasteiger partial charge in [-0.3, -0.25) is 4.79 Å². The van der Waals surface area contributed by atoms with Crippen LogP contribution in [0.15, 0.2) is 115 Å². The van der Waals surface area contributed by atoms with Crippen LogP contribution in [-0.2, 0) is 0 Å². The van der Waals surface area contributed by atoms with Gasteiger partial charge < -0.3 is 9.84 Å². The second-order valence-corrected chi connectivity index (χ2v) is 11.9. The second-order valence-electron chi connectivity index (χ2n) is 11.5. The molecule has 216 valence electrons. The lowest BCUT2D eigenvalue weighted by atomic mass is 9.77. The Morgan fingerprint density at radius 1 is 0.841 bits per heavy atom. The van der Waals surface area contributed by atoms with Crippen molar-refractivity contribution in [3.63, 3.8) is 0 Å². The van der Waals surface area contributed by atoms with E-state index in [0.29, 0.717) is 16.1 Å². The van der Waals surface area contributed by atoms with Crippen LogP contribution < -0.4 is 4.74 Å².